The maximum absolute atomic E-state index is 10.4. The van der Waals surface area contributed by atoms with E-state index in [1.165, 1.54) is 19.3 Å². The Morgan fingerprint density at radius 2 is 2.12 bits per heavy atom. The van der Waals surface area contributed by atoms with E-state index in [-0.39, 0.29) is 5.76 Å². The van der Waals surface area contributed by atoms with Gasteiger partial charge in [0.1, 0.15) is 16.6 Å². The molecule has 2 heterocycles. The van der Waals surface area contributed by atoms with E-state index in [9.17, 15) is 5.11 Å². The Bertz CT molecular complexity index is 732. The van der Waals surface area contributed by atoms with E-state index in [1.807, 2.05) is 29.2 Å². The number of amidine groups is 1. The third-order valence-corrected chi connectivity index (χ3v) is 5.77. The van der Waals surface area contributed by atoms with Crippen LogP contribution in [0.3, 0.4) is 0 Å². The summed E-state index contributed by atoms with van der Waals surface area (Å²) in [7, 11) is 0. The molecule has 1 aromatic heterocycles. The minimum Gasteiger partial charge on any atom is -0.510 e. The molecule has 0 bridgehead atoms. The fourth-order valence-electron chi connectivity index (χ4n) is 3.22. The first kappa shape index (κ1) is 17.0. The number of hydrogen-bond donors (Lipinski definition) is 2. The van der Waals surface area contributed by atoms with Gasteiger partial charge in [0.15, 0.2) is 0 Å². The molecule has 0 amide bonds. The average molecular weight is 343 g/mol. The van der Waals surface area contributed by atoms with Crippen LogP contribution in [0.1, 0.15) is 44.5 Å². The number of aliphatic hydroxyl groups is 1. The van der Waals surface area contributed by atoms with Crippen LogP contribution >= 0.6 is 11.3 Å². The molecule has 0 saturated heterocycles. The van der Waals surface area contributed by atoms with Crippen molar-refractivity contribution in [1.82, 2.24) is 9.88 Å². The molecule has 0 unspecified atom stereocenters. The van der Waals surface area contributed by atoms with Crippen LogP contribution in [0.25, 0.3) is 15.8 Å². The highest BCUT2D eigenvalue weighted by Gasteiger charge is 2.31. The second-order valence-corrected chi connectivity index (χ2v) is 7.48. The summed E-state index contributed by atoms with van der Waals surface area (Å²) in [6.45, 7) is 5.70. The number of para-hydroxylation sites is 1. The minimum atomic E-state index is 0.282. The zero-order valence-corrected chi connectivity index (χ0v) is 15.2. The molecular weight excluding hydrogens is 318 g/mol. The molecule has 0 spiro atoms. The summed E-state index contributed by atoms with van der Waals surface area (Å²) in [6.07, 6.45) is 4.73. The standard InChI is InChI=1S/C19H25N3OS/c1-3-5-8-13(4-2)11-22-12-15(23)17(18(22)20)19-21-14-9-6-7-10-16(14)24-19/h6-7,9-10,13,20,23H,3-5,8,11-12H2,1-2H3/t13-/m1/s1. The Hall–Kier alpha value is -1.88. The number of aromatic nitrogens is 1. The van der Waals surface area contributed by atoms with Crippen LogP contribution in [-0.4, -0.2) is 33.9 Å². The minimum absolute atomic E-state index is 0.282. The summed E-state index contributed by atoms with van der Waals surface area (Å²) in [5.41, 5.74) is 1.54. The predicted molar refractivity (Wildman–Crippen MR) is 102 cm³/mol. The van der Waals surface area contributed by atoms with Crippen molar-refractivity contribution in [2.75, 3.05) is 13.1 Å². The third kappa shape index (κ3) is 3.31. The number of unbranched alkanes of at least 4 members (excludes halogenated alkanes) is 1. The summed E-state index contributed by atoms with van der Waals surface area (Å²) >= 11 is 1.55. The van der Waals surface area contributed by atoms with E-state index in [2.05, 4.69) is 18.8 Å². The topological polar surface area (TPSA) is 60.2 Å². The average Bonchev–Trinajstić information content (AvgIpc) is 3.11. The molecule has 3 rings (SSSR count). The van der Waals surface area contributed by atoms with Crippen LogP contribution in [0.2, 0.25) is 0 Å². The van der Waals surface area contributed by atoms with Crippen molar-refractivity contribution >= 4 is 33.0 Å². The molecule has 0 saturated carbocycles. The molecule has 2 aromatic rings. The Labute approximate surface area is 147 Å². The Balaban J connectivity index is 1.78. The normalized spacial score (nSPS) is 16.4. The van der Waals surface area contributed by atoms with Crippen LogP contribution in [0.4, 0.5) is 0 Å². The molecule has 1 aliphatic rings. The van der Waals surface area contributed by atoms with E-state index in [0.717, 1.165) is 28.2 Å². The van der Waals surface area contributed by atoms with E-state index in [1.54, 1.807) is 11.3 Å². The van der Waals surface area contributed by atoms with Crippen LogP contribution < -0.4 is 0 Å². The van der Waals surface area contributed by atoms with Gasteiger partial charge in [-0.25, -0.2) is 4.98 Å². The second kappa shape index (κ2) is 7.34. The number of rotatable bonds is 7. The fourth-order valence-corrected chi connectivity index (χ4v) is 4.26. The number of benzene rings is 1. The lowest BCUT2D eigenvalue weighted by atomic mass is 9.99. The molecule has 0 fully saturated rings. The molecule has 5 heteroatoms. The van der Waals surface area contributed by atoms with Crippen molar-refractivity contribution in [2.45, 2.75) is 39.5 Å². The van der Waals surface area contributed by atoms with Crippen molar-refractivity contribution in [2.24, 2.45) is 5.92 Å². The number of aliphatic hydroxyl groups excluding tert-OH is 1. The molecule has 1 aromatic carbocycles. The highest BCUT2D eigenvalue weighted by atomic mass is 32.1. The Morgan fingerprint density at radius 3 is 2.83 bits per heavy atom. The SMILES string of the molecule is CCCC[C@@H](CC)CN1CC(O)=C(c2nc3ccccc3s2)C1=N. The van der Waals surface area contributed by atoms with Crippen LogP contribution in [0.5, 0.6) is 0 Å². The molecule has 4 nitrogen and oxygen atoms in total. The second-order valence-electron chi connectivity index (χ2n) is 6.45. The maximum atomic E-state index is 10.4. The van der Waals surface area contributed by atoms with Crippen molar-refractivity contribution in [3.05, 3.63) is 35.0 Å². The fraction of sp³-hybridized carbons (Fsp3) is 0.474. The van der Waals surface area contributed by atoms with Gasteiger partial charge < -0.3 is 10.0 Å². The van der Waals surface area contributed by atoms with Gasteiger partial charge in [-0.05, 0) is 24.5 Å². The van der Waals surface area contributed by atoms with E-state index < -0.39 is 0 Å². The lowest BCUT2D eigenvalue weighted by Gasteiger charge is -2.24. The monoisotopic (exact) mass is 343 g/mol. The van der Waals surface area contributed by atoms with Gasteiger partial charge in [0, 0.05) is 6.54 Å². The lowest BCUT2D eigenvalue weighted by Crippen LogP contribution is -2.32. The smallest absolute Gasteiger partial charge is 0.135 e. The van der Waals surface area contributed by atoms with Crippen LogP contribution in [-0.2, 0) is 0 Å². The number of nitrogens with one attached hydrogen (secondary N) is 1. The molecular formula is C19H25N3OS. The Morgan fingerprint density at radius 1 is 1.33 bits per heavy atom. The molecule has 0 radical (unpaired) electrons. The summed E-state index contributed by atoms with van der Waals surface area (Å²) in [4.78, 5) is 6.61. The van der Waals surface area contributed by atoms with Gasteiger partial charge in [-0.2, -0.15) is 0 Å². The van der Waals surface area contributed by atoms with E-state index in [4.69, 9.17) is 5.41 Å². The van der Waals surface area contributed by atoms with Crippen molar-refractivity contribution in [1.29, 1.82) is 5.41 Å². The lowest BCUT2D eigenvalue weighted by molar-refractivity contribution is 0.298. The number of fused-ring (bicyclic) bond motifs is 1. The van der Waals surface area contributed by atoms with Crippen molar-refractivity contribution in [3.63, 3.8) is 0 Å². The molecule has 1 aliphatic heterocycles. The zero-order valence-electron chi connectivity index (χ0n) is 14.4. The van der Waals surface area contributed by atoms with Gasteiger partial charge in [0.2, 0.25) is 0 Å². The quantitative estimate of drug-likeness (QED) is 0.737. The largest absolute Gasteiger partial charge is 0.510 e. The summed E-state index contributed by atoms with van der Waals surface area (Å²) < 4.78 is 1.09. The highest BCUT2D eigenvalue weighted by molar-refractivity contribution is 7.19. The van der Waals surface area contributed by atoms with Crippen molar-refractivity contribution in [3.8, 4) is 0 Å². The first-order chi connectivity index (χ1) is 11.6. The maximum Gasteiger partial charge on any atom is 0.135 e. The first-order valence-electron chi connectivity index (χ1n) is 8.75. The molecule has 128 valence electrons. The third-order valence-electron chi connectivity index (χ3n) is 4.71. The highest BCUT2D eigenvalue weighted by Crippen LogP contribution is 2.33. The molecule has 0 aliphatic carbocycles. The summed E-state index contributed by atoms with van der Waals surface area (Å²) in [6, 6.07) is 7.96. The Kier molecular flexibility index (Phi) is 5.19. The molecule has 1 atom stereocenters. The summed E-state index contributed by atoms with van der Waals surface area (Å²) in [5, 5.41) is 19.7. The zero-order chi connectivity index (χ0) is 17.1. The van der Waals surface area contributed by atoms with Gasteiger partial charge >= 0.3 is 0 Å². The number of hydrogen-bond acceptors (Lipinski definition) is 4. The predicted octanol–water partition coefficient (Wildman–Crippen LogP) is 5.07. The first-order valence-corrected chi connectivity index (χ1v) is 9.57. The van der Waals surface area contributed by atoms with Crippen molar-refractivity contribution < 1.29 is 5.11 Å². The molecule has 24 heavy (non-hydrogen) atoms. The number of thiazole rings is 1. The van der Waals surface area contributed by atoms with Gasteiger partial charge in [-0.15, -0.1) is 11.3 Å². The summed E-state index contributed by atoms with van der Waals surface area (Å²) in [5.74, 6) is 1.28. The van der Waals surface area contributed by atoms with Gasteiger partial charge in [-0.3, -0.25) is 5.41 Å². The van der Waals surface area contributed by atoms with Crippen LogP contribution in [0.15, 0.2) is 30.0 Å². The van der Waals surface area contributed by atoms with Gasteiger partial charge in [0.05, 0.1) is 22.3 Å². The van der Waals surface area contributed by atoms with E-state index >= 15 is 0 Å². The van der Waals surface area contributed by atoms with Gasteiger partial charge in [0.25, 0.3) is 0 Å². The van der Waals surface area contributed by atoms with Gasteiger partial charge in [-0.1, -0.05) is 45.2 Å². The van der Waals surface area contributed by atoms with E-state index in [0.29, 0.717) is 23.9 Å². The molecule has 2 N–H and O–H groups in total. The van der Waals surface area contributed by atoms with Crippen LogP contribution in [0, 0.1) is 11.3 Å². The number of nitrogens with zero attached hydrogens (tertiary/aromatic N) is 2.